The van der Waals surface area contributed by atoms with Crippen LogP contribution in [0.25, 0.3) is 10.8 Å². The molecule has 8 nitrogen and oxygen atoms in total. The highest BCUT2D eigenvalue weighted by atomic mass is 32.2. The third kappa shape index (κ3) is 3.98. The molecule has 1 amide bonds. The molecule has 0 radical (unpaired) electrons. The van der Waals surface area contributed by atoms with Gasteiger partial charge in [-0.2, -0.15) is 5.10 Å². The summed E-state index contributed by atoms with van der Waals surface area (Å²) in [6, 6.07) is 13.7. The predicted octanol–water partition coefficient (Wildman–Crippen LogP) is 2.98. The Morgan fingerprint density at radius 2 is 2.07 bits per heavy atom. The lowest BCUT2D eigenvalue weighted by atomic mass is 10.1. The highest BCUT2D eigenvalue weighted by Gasteiger charge is 2.19. The van der Waals surface area contributed by atoms with E-state index in [4.69, 9.17) is 4.42 Å². The van der Waals surface area contributed by atoms with Crippen LogP contribution in [0.3, 0.4) is 0 Å². The maximum atomic E-state index is 12.6. The molecule has 1 N–H and O–H groups in total. The molecule has 0 fully saturated rings. The molecule has 0 aliphatic rings. The van der Waals surface area contributed by atoms with Gasteiger partial charge in [0, 0.05) is 11.1 Å². The normalized spacial score (nSPS) is 12.2. The van der Waals surface area contributed by atoms with E-state index in [-0.39, 0.29) is 5.91 Å². The highest BCUT2D eigenvalue weighted by Crippen LogP contribution is 2.26. The van der Waals surface area contributed by atoms with E-state index < -0.39 is 5.25 Å². The summed E-state index contributed by atoms with van der Waals surface area (Å²) in [7, 11) is 0. The maximum absolute atomic E-state index is 12.6. The Kier molecular flexibility index (Phi) is 4.84. The number of rotatable bonds is 6. The van der Waals surface area contributed by atoms with Crippen molar-refractivity contribution in [3.63, 3.8) is 0 Å². The van der Waals surface area contributed by atoms with E-state index in [1.54, 1.807) is 17.9 Å². The smallest absolute Gasteiger partial charge is 0.277 e. The van der Waals surface area contributed by atoms with Gasteiger partial charge in [-0.3, -0.25) is 4.79 Å². The van der Waals surface area contributed by atoms with Gasteiger partial charge in [-0.1, -0.05) is 48.2 Å². The molecular formula is C18H16N6O2S. The van der Waals surface area contributed by atoms with Gasteiger partial charge in [0.2, 0.25) is 11.8 Å². The van der Waals surface area contributed by atoms with Gasteiger partial charge in [0.05, 0.1) is 5.25 Å². The van der Waals surface area contributed by atoms with Crippen LogP contribution in [0.4, 0.5) is 5.69 Å². The second-order valence-electron chi connectivity index (χ2n) is 5.83. The minimum Gasteiger partial charge on any atom is -0.414 e. The molecule has 1 unspecified atom stereocenters. The van der Waals surface area contributed by atoms with Crippen molar-refractivity contribution >= 4 is 34.1 Å². The Morgan fingerprint density at radius 1 is 1.22 bits per heavy atom. The molecule has 136 valence electrons. The second-order valence-corrected chi connectivity index (χ2v) is 7.12. The molecule has 2 aromatic heterocycles. The van der Waals surface area contributed by atoms with Gasteiger partial charge in [0.25, 0.3) is 5.22 Å². The minimum absolute atomic E-state index is 0.132. The number of nitrogens with zero attached hydrogens (tertiary/aromatic N) is 5. The summed E-state index contributed by atoms with van der Waals surface area (Å²) >= 11 is 1.21. The number of anilines is 1. The van der Waals surface area contributed by atoms with E-state index in [9.17, 15) is 4.79 Å². The molecule has 0 bridgehead atoms. The summed E-state index contributed by atoms with van der Waals surface area (Å²) in [4.78, 5) is 16.4. The van der Waals surface area contributed by atoms with Gasteiger partial charge >= 0.3 is 0 Å². The van der Waals surface area contributed by atoms with E-state index in [0.29, 0.717) is 17.7 Å². The van der Waals surface area contributed by atoms with Crippen molar-refractivity contribution in [3.05, 3.63) is 61.0 Å². The minimum atomic E-state index is -0.399. The van der Waals surface area contributed by atoms with Crippen LogP contribution in [-0.2, 0) is 11.3 Å². The summed E-state index contributed by atoms with van der Waals surface area (Å²) in [5, 5.41) is 16.9. The number of aromatic nitrogens is 5. The molecule has 9 heteroatoms. The first kappa shape index (κ1) is 17.2. The molecule has 0 spiro atoms. The van der Waals surface area contributed by atoms with E-state index in [1.165, 1.54) is 18.1 Å². The third-order valence-electron chi connectivity index (χ3n) is 3.91. The van der Waals surface area contributed by atoms with Crippen LogP contribution in [0.1, 0.15) is 12.8 Å². The number of hydrogen-bond acceptors (Lipinski definition) is 7. The van der Waals surface area contributed by atoms with Crippen molar-refractivity contribution in [3.8, 4) is 0 Å². The largest absolute Gasteiger partial charge is 0.414 e. The van der Waals surface area contributed by atoms with E-state index in [1.807, 2.05) is 42.5 Å². The summed E-state index contributed by atoms with van der Waals surface area (Å²) < 4.78 is 7.15. The third-order valence-corrected chi connectivity index (χ3v) is 4.84. The fourth-order valence-electron chi connectivity index (χ4n) is 2.58. The number of hydrogen-bond donors (Lipinski definition) is 1. The number of amides is 1. The molecule has 1 atom stereocenters. The van der Waals surface area contributed by atoms with Crippen LogP contribution >= 0.6 is 11.8 Å². The highest BCUT2D eigenvalue weighted by molar-refractivity contribution is 8.00. The summed E-state index contributed by atoms with van der Waals surface area (Å²) in [6.45, 7) is 2.14. The molecule has 0 saturated heterocycles. The molecule has 2 aromatic carbocycles. The Bertz CT molecular complexity index is 1060. The molecule has 0 saturated carbocycles. The van der Waals surface area contributed by atoms with Gasteiger partial charge in [-0.15, -0.1) is 10.2 Å². The van der Waals surface area contributed by atoms with Crippen LogP contribution in [-0.4, -0.2) is 36.1 Å². The molecule has 0 aliphatic carbocycles. The van der Waals surface area contributed by atoms with E-state index in [0.717, 1.165) is 16.5 Å². The van der Waals surface area contributed by atoms with Gasteiger partial charge in [0.1, 0.15) is 19.2 Å². The standard InChI is InChI=1S/C18H16N6O2S/c1-12(27-18-23-22-16(26-18)9-24-11-19-10-20-24)17(25)21-15-8-4-6-13-5-2-3-7-14(13)15/h2-8,10-12H,9H2,1H3,(H,21,25). The molecule has 27 heavy (non-hydrogen) atoms. The number of thioether (sulfide) groups is 1. The van der Waals surface area contributed by atoms with Crippen LogP contribution in [0.2, 0.25) is 0 Å². The van der Waals surface area contributed by atoms with Gasteiger partial charge < -0.3 is 9.73 Å². The monoisotopic (exact) mass is 380 g/mol. The van der Waals surface area contributed by atoms with E-state index >= 15 is 0 Å². The lowest BCUT2D eigenvalue weighted by Gasteiger charge is -2.12. The molecule has 2 heterocycles. The maximum Gasteiger partial charge on any atom is 0.277 e. The average Bonchev–Trinajstić information content (AvgIpc) is 3.34. The summed E-state index contributed by atoms with van der Waals surface area (Å²) in [5.41, 5.74) is 0.781. The number of benzene rings is 2. The summed E-state index contributed by atoms with van der Waals surface area (Å²) in [5.74, 6) is 0.275. The van der Waals surface area contributed by atoms with E-state index in [2.05, 4.69) is 25.6 Å². The van der Waals surface area contributed by atoms with Crippen molar-refractivity contribution in [1.82, 2.24) is 25.0 Å². The fourth-order valence-corrected chi connectivity index (χ4v) is 3.28. The Morgan fingerprint density at radius 3 is 2.93 bits per heavy atom. The zero-order valence-electron chi connectivity index (χ0n) is 14.4. The van der Waals surface area contributed by atoms with Crippen LogP contribution in [0, 0.1) is 0 Å². The quantitative estimate of drug-likeness (QED) is 0.513. The topological polar surface area (TPSA) is 98.7 Å². The Balaban J connectivity index is 1.41. The molecular weight excluding hydrogens is 364 g/mol. The molecule has 4 rings (SSSR count). The first-order valence-corrected chi connectivity index (χ1v) is 9.17. The van der Waals surface area contributed by atoms with Gasteiger partial charge in [-0.05, 0) is 18.4 Å². The summed E-state index contributed by atoms with van der Waals surface area (Å²) in [6.07, 6.45) is 3.00. The molecule has 4 aromatic rings. The van der Waals surface area contributed by atoms with Crippen molar-refractivity contribution in [2.45, 2.75) is 23.9 Å². The zero-order chi connectivity index (χ0) is 18.6. The van der Waals surface area contributed by atoms with Crippen LogP contribution in [0.15, 0.2) is 64.8 Å². The number of nitrogens with one attached hydrogen (secondary N) is 1. The average molecular weight is 380 g/mol. The predicted molar refractivity (Wildman–Crippen MR) is 101 cm³/mol. The Hall–Kier alpha value is -3.20. The number of carbonyl (C=O) groups is 1. The molecule has 0 aliphatic heterocycles. The SMILES string of the molecule is CC(Sc1nnc(Cn2cncn2)o1)C(=O)Nc1cccc2ccccc12. The van der Waals surface area contributed by atoms with Gasteiger partial charge in [-0.25, -0.2) is 9.67 Å². The lowest BCUT2D eigenvalue weighted by molar-refractivity contribution is -0.115. The number of carbonyl (C=O) groups excluding carboxylic acids is 1. The lowest BCUT2D eigenvalue weighted by Crippen LogP contribution is -2.22. The van der Waals surface area contributed by atoms with Crippen molar-refractivity contribution in [1.29, 1.82) is 0 Å². The first-order valence-electron chi connectivity index (χ1n) is 8.29. The fraction of sp³-hybridized carbons (Fsp3) is 0.167. The first-order chi connectivity index (χ1) is 13.2. The van der Waals surface area contributed by atoms with Crippen LogP contribution in [0.5, 0.6) is 0 Å². The van der Waals surface area contributed by atoms with Crippen molar-refractivity contribution in [2.75, 3.05) is 5.32 Å². The van der Waals surface area contributed by atoms with Crippen LogP contribution < -0.4 is 5.32 Å². The van der Waals surface area contributed by atoms with Crippen molar-refractivity contribution < 1.29 is 9.21 Å². The second kappa shape index (κ2) is 7.58. The zero-order valence-corrected chi connectivity index (χ0v) is 15.3. The Labute approximate surface area is 159 Å². The van der Waals surface area contributed by atoms with Crippen molar-refractivity contribution in [2.24, 2.45) is 0 Å². The van der Waals surface area contributed by atoms with Gasteiger partial charge in [0.15, 0.2) is 0 Å². The number of fused-ring (bicyclic) bond motifs is 1.